The fraction of sp³-hybridized carbons (Fsp3) is 0.917. The van der Waals surface area contributed by atoms with Gasteiger partial charge in [0.15, 0.2) is 0 Å². The lowest BCUT2D eigenvalue weighted by atomic mass is 9.60. The third-order valence-electron chi connectivity index (χ3n) is 7.89. The van der Waals surface area contributed by atoms with Crippen LogP contribution in [0.2, 0.25) is 0 Å². The smallest absolute Gasteiger partial charge is 0.303 e. The Morgan fingerprint density at radius 2 is 1.70 bits per heavy atom. The molecule has 2 fully saturated rings. The van der Waals surface area contributed by atoms with Gasteiger partial charge in [0, 0.05) is 6.42 Å². The van der Waals surface area contributed by atoms with Crippen LogP contribution in [0, 0.1) is 40.4 Å². The Bertz CT molecular complexity index is 479. The van der Waals surface area contributed by atoms with Gasteiger partial charge in [-0.2, -0.15) is 5.26 Å². The Morgan fingerprint density at radius 3 is 2.26 bits per heavy atom. The molecule has 2 aliphatic carbocycles. The van der Waals surface area contributed by atoms with Crippen molar-refractivity contribution in [2.75, 3.05) is 0 Å². The number of carbonyl (C=O) groups is 1. The normalized spacial score (nSPS) is 32.6. The summed E-state index contributed by atoms with van der Waals surface area (Å²) in [7, 11) is 0. The van der Waals surface area contributed by atoms with Crippen LogP contribution in [0.4, 0.5) is 0 Å². The number of rotatable bonds is 10. The molecule has 27 heavy (non-hydrogen) atoms. The number of hydrogen-bond donors (Lipinski definition) is 1. The van der Waals surface area contributed by atoms with Crippen LogP contribution in [0.5, 0.6) is 0 Å². The summed E-state index contributed by atoms with van der Waals surface area (Å²) in [4.78, 5) is 10.8. The molecule has 0 bridgehead atoms. The third-order valence-corrected chi connectivity index (χ3v) is 7.89. The van der Waals surface area contributed by atoms with E-state index in [1.165, 1.54) is 64.2 Å². The van der Waals surface area contributed by atoms with Crippen LogP contribution in [0.1, 0.15) is 110 Å². The number of hydrogen-bond acceptors (Lipinski definition) is 2. The van der Waals surface area contributed by atoms with E-state index in [9.17, 15) is 10.1 Å². The number of nitrogens with zero attached hydrogens (tertiary/aromatic N) is 1. The zero-order valence-electron chi connectivity index (χ0n) is 17.7. The lowest BCUT2D eigenvalue weighted by molar-refractivity contribution is -0.137. The molecule has 0 aromatic rings. The molecule has 2 saturated carbocycles. The summed E-state index contributed by atoms with van der Waals surface area (Å²) < 4.78 is 0. The van der Waals surface area contributed by atoms with E-state index in [1.54, 1.807) is 0 Å². The van der Waals surface area contributed by atoms with E-state index in [-0.39, 0.29) is 11.8 Å². The highest BCUT2D eigenvalue weighted by molar-refractivity contribution is 5.66. The Morgan fingerprint density at radius 1 is 1.07 bits per heavy atom. The van der Waals surface area contributed by atoms with Crippen molar-refractivity contribution in [3.63, 3.8) is 0 Å². The van der Waals surface area contributed by atoms with Gasteiger partial charge in [0.1, 0.15) is 0 Å². The molecular weight excluding hydrogens is 334 g/mol. The average molecular weight is 376 g/mol. The highest BCUT2D eigenvalue weighted by Gasteiger charge is 2.41. The zero-order chi connectivity index (χ0) is 19.7. The van der Waals surface area contributed by atoms with Crippen LogP contribution in [0.3, 0.4) is 0 Å². The molecule has 1 atom stereocenters. The first-order valence-electron chi connectivity index (χ1n) is 11.6. The Labute approximate surface area is 166 Å². The van der Waals surface area contributed by atoms with Crippen LogP contribution in [-0.4, -0.2) is 11.1 Å². The highest BCUT2D eigenvalue weighted by atomic mass is 16.4. The molecule has 154 valence electrons. The van der Waals surface area contributed by atoms with Crippen molar-refractivity contribution in [3.05, 3.63) is 0 Å². The molecule has 1 N–H and O–H groups in total. The van der Waals surface area contributed by atoms with Crippen LogP contribution in [0.15, 0.2) is 0 Å². The Hall–Kier alpha value is -1.04. The minimum absolute atomic E-state index is 0.202. The van der Waals surface area contributed by atoms with Crippen molar-refractivity contribution in [1.82, 2.24) is 0 Å². The molecule has 0 heterocycles. The lowest BCUT2D eigenvalue weighted by Gasteiger charge is -2.43. The maximum absolute atomic E-state index is 10.8. The van der Waals surface area contributed by atoms with Gasteiger partial charge in [-0.25, -0.2) is 0 Å². The summed E-state index contributed by atoms with van der Waals surface area (Å²) in [6.45, 7) is 4.46. The van der Waals surface area contributed by atoms with Crippen LogP contribution in [-0.2, 0) is 4.79 Å². The first-order chi connectivity index (χ1) is 13.0. The molecule has 3 nitrogen and oxygen atoms in total. The topological polar surface area (TPSA) is 61.1 Å². The predicted molar refractivity (Wildman–Crippen MR) is 110 cm³/mol. The van der Waals surface area contributed by atoms with Gasteiger partial charge in [-0.15, -0.1) is 0 Å². The SMILES string of the molecule is CCCCCC1CCC(C2CCC(C#N)([C@@H](C)CCCC(=O)O)CC2)CC1. The van der Waals surface area contributed by atoms with Crippen molar-refractivity contribution >= 4 is 5.97 Å². The first-order valence-corrected chi connectivity index (χ1v) is 11.6. The molecule has 0 aliphatic heterocycles. The van der Waals surface area contributed by atoms with Gasteiger partial charge < -0.3 is 5.11 Å². The molecule has 0 unspecified atom stereocenters. The molecule has 0 saturated heterocycles. The summed E-state index contributed by atoms with van der Waals surface area (Å²) in [5, 5.41) is 18.7. The largest absolute Gasteiger partial charge is 0.481 e. The number of unbranched alkanes of at least 4 members (excludes halogenated alkanes) is 2. The van der Waals surface area contributed by atoms with E-state index < -0.39 is 5.97 Å². The van der Waals surface area contributed by atoms with E-state index in [0.29, 0.717) is 12.3 Å². The summed E-state index contributed by atoms with van der Waals surface area (Å²) in [5.41, 5.74) is -0.202. The van der Waals surface area contributed by atoms with Crippen molar-refractivity contribution in [2.24, 2.45) is 29.1 Å². The minimum atomic E-state index is -0.720. The monoisotopic (exact) mass is 375 g/mol. The van der Waals surface area contributed by atoms with Gasteiger partial charge in [-0.1, -0.05) is 52.4 Å². The molecule has 0 amide bonds. The molecule has 2 rings (SSSR count). The summed E-state index contributed by atoms with van der Waals surface area (Å²) in [6.07, 6.45) is 17.5. The van der Waals surface area contributed by atoms with Crippen molar-refractivity contribution < 1.29 is 9.90 Å². The Balaban J connectivity index is 1.75. The highest BCUT2D eigenvalue weighted by Crippen LogP contribution is 2.49. The molecule has 0 radical (unpaired) electrons. The van der Waals surface area contributed by atoms with E-state index in [4.69, 9.17) is 5.11 Å². The predicted octanol–water partition coefficient (Wildman–Crippen LogP) is 6.96. The number of carboxylic acid groups (broad SMARTS) is 1. The van der Waals surface area contributed by atoms with E-state index >= 15 is 0 Å². The summed E-state index contributed by atoms with van der Waals surface area (Å²) in [5.74, 6) is 2.30. The maximum atomic E-state index is 10.8. The summed E-state index contributed by atoms with van der Waals surface area (Å²) >= 11 is 0. The molecule has 3 heteroatoms. The van der Waals surface area contributed by atoms with Crippen LogP contribution >= 0.6 is 0 Å². The third kappa shape index (κ3) is 6.51. The van der Waals surface area contributed by atoms with Crippen LogP contribution in [0.25, 0.3) is 0 Å². The second-order valence-corrected chi connectivity index (χ2v) is 9.57. The quantitative estimate of drug-likeness (QED) is 0.420. The van der Waals surface area contributed by atoms with Crippen molar-refractivity contribution in [3.8, 4) is 6.07 Å². The fourth-order valence-corrected chi connectivity index (χ4v) is 5.81. The second kappa shape index (κ2) is 11.1. The summed E-state index contributed by atoms with van der Waals surface area (Å²) in [6, 6.07) is 2.67. The van der Waals surface area contributed by atoms with Gasteiger partial charge in [0.25, 0.3) is 0 Å². The first kappa shape index (κ1) is 22.3. The zero-order valence-corrected chi connectivity index (χ0v) is 17.7. The van der Waals surface area contributed by atoms with E-state index in [0.717, 1.165) is 37.0 Å². The molecule has 2 aliphatic rings. The van der Waals surface area contributed by atoms with Gasteiger partial charge in [0.05, 0.1) is 11.5 Å². The lowest BCUT2D eigenvalue weighted by Crippen LogP contribution is -2.35. The standard InChI is InChI=1S/C24H41NO2/c1-3-4-5-8-20-10-12-21(13-11-20)22-14-16-24(18-25,17-15-22)19(2)7-6-9-23(26)27/h19-22H,3-17H2,1-2H3,(H,26,27)/t19-,20?,21?,22?,24?/m0/s1. The van der Waals surface area contributed by atoms with Gasteiger partial charge in [0.2, 0.25) is 0 Å². The fourth-order valence-electron chi connectivity index (χ4n) is 5.81. The van der Waals surface area contributed by atoms with Crippen molar-refractivity contribution in [1.29, 1.82) is 5.26 Å². The van der Waals surface area contributed by atoms with E-state index in [1.807, 2.05) is 0 Å². The Kier molecular flexibility index (Phi) is 9.13. The molecule has 0 aromatic carbocycles. The van der Waals surface area contributed by atoms with Gasteiger partial charge >= 0.3 is 5.97 Å². The number of carboxylic acids is 1. The van der Waals surface area contributed by atoms with Gasteiger partial charge in [-0.05, 0) is 75.0 Å². The minimum Gasteiger partial charge on any atom is -0.481 e. The maximum Gasteiger partial charge on any atom is 0.303 e. The number of aliphatic carboxylic acids is 1. The van der Waals surface area contributed by atoms with Gasteiger partial charge in [-0.3, -0.25) is 4.79 Å². The number of nitriles is 1. The second-order valence-electron chi connectivity index (χ2n) is 9.57. The molecular formula is C24H41NO2. The molecule has 0 spiro atoms. The molecule has 0 aromatic heterocycles. The van der Waals surface area contributed by atoms with Crippen LogP contribution < -0.4 is 0 Å². The van der Waals surface area contributed by atoms with Crippen molar-refractivity contribution in [2.45, 2.75) is 110 Å². The average Bonchev–Trinajstić information content (AvgIpc) is 2.68. The van der Waals surface area contributed by atoms with E-state index in [2.05, 4.69) is 19.9 Å².